The zero-order valence-electron chi connectivity index (χ0n) is 16.6. The summed E-state index contributed by atoms with van der Waals surface area (Å²) in [6.07, 6.45) is 1.90. The van der Waals surface area contributed by atoms with Crippen LogP contribution in [0.2, 0.25) is 0 Å². The SMILES string of the molecule is CCN1c2ccc(C)cc2C(=O)NC12CCN(C(=O)Cc1ccccc1)CC2. The summed E-state index contributed by atoms with van der Waals surface area (Å²) in [6, 6.07) is 15.9. The third-order valence-electron chi connectivity index (χ3n) is 6.01. The first kappa shape index (κ1) is 18.5. The Morgan fingerprint density at radius 2 is 1.82 bits per heavy atom. The zero-order chi connectivity index (χ0) is 19.7. The molecule has 28 heavy (non-hydrogen) atoms. The second kappa shape index (κ2) is 7.30. The first-order chi connectivity index (χ1) is 13.5. The van der Waals surface area contributed by atoms with Crippen molar-refractivity contribution >= 4 is 17.5 Å². The van der Waals surface area contributed by atoms with E-state index in [-0.39, 0.29) is 11.8 Å². The van der Waals surface area contributed by atoms with Gasteiger partial charge in [-0.3, -0.25) is 9.59 Å². The highest BCUT2D eigenvalue weighted by atomic mass is 16.2. The van der Waals surface area contributed by atoms with Crippen molar-refractivity contribution < 1.29 is 9.59 Å². The second-order valence-corrected chi connectivity index (χ2v) is 7.79. The summed E-state index contributed by atoms with van der Waals surface area (Å²) in [4.78, 5) is 29.8. The van der Waals surface area contributed by atoms with Gasteiger partial charge < -0.3 is 15.1 Å². The number of hydrogen-bond donors (Lipinski definition) is 1. The zero-order valence-corrected chi connectivity index (χ0v) is 16.6. The summed E-state index contributed by atoms with van der Waals surface area (Å²) in [5.74, 6) is 0.148. The number of nitrogens with one attached hydrogen (secondary N) is 1. The summed E-state index contributed by atoms with van der Waals surface area (Å²) < 4.78 is 0. The summed E-state index contributed by atoms with van der Waals surface area (Å²) in [5, 5.41) is 3.27. The topological polar surface area (TPSA) is 52.7 Å². The standard InChI is InChI=1S/C23H27N3O2/c1-3-26-20-10-9-17(2)15-19(20)22(28)24-23(26)11-13-25(14-12-23)21(27)16-18-7-5-4-6-8-18/h4-10,15H,3,11-14,16H2,1-2H3,(H,24,28). The molecule has 0 aromatic heterocycles. The van der Waals surface area contributed by atoms with E-state index >= 15 is 0 Å². The number of benzene rings is 2. The minimum atomic E-state index is -0.405. The lowest BCUT2D eigenvalue weighted by Gasteiger charge is -2.52. The number of nitrogens with zero attached hydrogens (tertiary/aromatic N) is 2. The van der Waals surface area contributed by atoms with Gasteiger partial charge in [-0.25, -0.2) is 0 Å². The molecule has 2 aliphatic heterocycles. The fourth-order valence-corrected chi connectivity index (χ4v) is 4.52. The van der Waals surface area contributed by atoms with Crippen molar-refractivity contribution in [3.05, 3.63) is 65.2 Å². The second-order valence-electron chi connectivity index (χ2n) is 7.79. The van der Waals surface area contributed by atoms with Crippen molar-refractivity contribution in [2.24, 2.45) is 0 Å². The number of likely N-dealkylation sites (tertiary alicyclic amines) is 1. The molecular formula is C23H27N3O2. The number of carbonyl (C=O) groups is 2. The van der Waals surface area contributed by atoms with Crippen molar-refractivity contribution in [3.63, 3.8) is 0 Å². The van der Waals surface area contributed by atoms with E-state index in [4.69, 9.17) is 0 Å². The molecule has 4 rings (SSSR count). The van der Waals surface area contributed by atoms with Crippen LogP contribution < -0.4 is 10.2 Å². The fraction of sp³-hybridized carbons (Fsp3) is 0.391. The van der Waals surface area contributed by atoms with Gasteiger partial charge in [0.15, 0.2) is 0 Å². The molecule has 0 unspecified atom stereocenters. The van der Waals surface area contributed by atoms with Crippen molar-refractivity contribution in [1.82, 2.24) is 10.2 Å². The average molecular weight is 377 g/mol. The Morgan fingerprint density at radius 3 is 2.50 bits per heavy atom. The molecule has 1 saturated heterocycles. The van der Waals surface area contributed by atoms with Crippen LogP contribution in [0.15, 0.2) is 48.5 Å². The van der Waals surface area contributed by atoms with Crippen molar-refractivity contribution in [1.29, 1.82) is 0 Å². The number of piperidine rings is 1. The third kappa shape index (κ3) is 3.26. The number of rotatable bonds is 3. The molecule has 5 heteroatoms. The summed E-state index contributed by atoms with van der Waals surface area (Å²) in [5.41, 5.74) is 3.47. The van der Waals surface area contributed by atoms with E-state index in [1.165, 1.54) is 0 Å². The van der Waals surface area contributed by atoms with Gasteiger partial charge in [0.1, 0.15) is 5.66 Å². The molecule has 146 valence electrons. The highest BCUT2D eigenvalue weighted by Crippen LogP contribution is 2.37. The maximum atomic E-state index is 12.8. The lowest BCUT2D eigenvalue weighted by atomic mass is 9.89. The van der Waals surface area contributed by atoms with Crippen LogP contribution in [0.25, 0.3) is 0 Å². The van der Waals surface area contributed by atoms with Gasteiger partial charge in [-0.05, 0) is 31.5 Å². The first-order valence-electron chi connectivity index (χ1n) is 10.0. The van der Waals surface area contributed by atoms with Crippen molar-refractivity contribution in [2.45, 2.75) is 38.8 Å². The Bertz CT molecular complexity index is 886. The van der Waals surface area contributed by atoms with E-state index in [0.29, 0.717) is 19.5 Å². The highest BCUT2D eigenvalue weighted by Gasteiger charge is 2.45. The molecule has 0 atom stereocenters. The van der Waals surface area contributed by atoms with Crippen LogP contribution in [-0.4, -0.2) is 42.0 Å². The van der Waals surface area contributed by atoms with Crippen molar-refractivity contribution in [3.8, 4) is 0 Å². The van der Waals surface area contributed by atoms with E-state index in [9.17, 15) is 9.59 Å². The number of amides is 2. The molecule has 1 spiro atoms. The quantitative estimate of drug-likeness (QED) is 0.894. The normalized spacial score (nSPS) is 18.0. The van der Waals surface area contributed by atoms with E-state index in [1.54, 1.807) is 0 Å². The summed E-state index contributed by atoms with van der Waals surface area (Å²) in [6.45, 7) is 6.25. The molecular weight excluding hydrogens is 350 g/mol. The van der Waals surface area contributed by atoms with Crippen LogP contribution >= 0.6 is 0 Å². The van der Waals surface area contributed by atoms with Gasteiger partial charge in [0, 0.05) is 32.5 Å². The van der Waals surface area contributed by atoms with Gasteiger partial charge in [0.25, 0.3) is 5.91 Å². The maximum absolute atomic E-state index is 12.8. The van der Waals surface area contributed by atoms with Crippen LogP contribution in [0.5, 0.6) is 0 Å². The molecule has 0 bridgehead atoms. The summed E-state index contributed by atoms with van der Waals surface area (Å²) in [7, 11) is 0. The summed E-state index contributed by atoms with van der Waals surface area (Å²) >= 11 is 0. The van der Waals surface area contributed by atoms with Crippen LogP contribution in [-0.2, 0) is 11.2 Å². The molecule has 2 aromatic rings. The minimum absolute atomic E-state index is 0.00698. The number of aryl methyl sites for hydroxylation is 1. The molecule has 1 fully saturated rings. The van der Waals surface area contributed by atoms with Crippen LogP contribution in [0.4, 0.5) is 5.69 Å². The number of fused-ring (bicyclic) bond motifs is 1. The number of anilines is 1. The Morgan fingerprint density at radius 1 is 1.11 bits per heavy atom. The molecule has 2 amide bonds. The van der Waals surface area contributed by atoms with E-state index in [1.807, 2.05) is 48.2 Å². The van der Waals surface area contributed by atoms with Gasteiger partial charge in [-0.1, -0.05) is 42.0 Å². The molecule has 2 aromatic carbocycles. The number of carbonyl (C=O) groups excluding carboxylic acids is 2. The minimum Gasteiger partial charge on any atom is -0.348 e. The molecule has 5 nitrogen and oxygen atoms in total. The molecule has 0 radical (unpaired) electrons. The van der Waals surface area contributed by atoms with Crippen molar-refractivity contribution in [2.75, 3.05) is 24.5 Å². The van der Waals surface area contributed by atoms with Crippen LogP contribution in [0, 0.1) is 6.92 Å². The van der Waals surface area contributed by atoms with Gasteiger partial charge >= 0.3 is 0 Å². The van der Waals surface area contributed by atoms with Crippen LogP contribution in [0.3, 0.4) is 0 Å². The van der Waals surface area contributed by atoms with Gasteiger partial charge in [-0.15, -0.1) is 0 Å². The monoisotopic (exact) mass is 377 g/mol. The average Bonchev–Trinajstić information content (AvgIpc) is 2.70. The Hall–Kier alpha value is -2.82. The van der Waals surface area contributed by atoms with E-state index < -0.39 is 5.66 Å². The number of hydrogen-bond acceptors (Lipinski definition) is 3. The molecule has 1 N–H and O–H groups in total. The Kier molecular flexibility index (Phi) is 4.84. The first-order valence-corrected chi connectivity index (χ1v) is 10.0. The smallest absolute Gasteiger partial charge is 0.255 e. The van der Waals surface area contributed by atoms with Gasteiger partial charge in [0.2, 0.25) is 5.91 Å². The predicted octanol–water partition coefficient (Wildman–Crippen LogP) is 3.13. The van der Waals surface area contributed by atoms with E-state index in [2.05, 4.69) is 29.3 Å². The highest BCUT2D eigenvalue weighted by molar-refractivity contribution is 6.02. The van der Waals surface area contributed by atoms with Gasteiger partial charge in [0.05, 0.1) is 17.7 Å². The largest absolute Gasteiger partial charge is 0.348 e. The lowest BCUT2D eigenvalue weighted by molar-refractivity contribution is -0.132. The molecule has 0 saturated carbocycles. The third-order valence-corrected chi connectivity index (χ3v) is 6.01. The molecule has 2 aliphatic rings. The van der Waals surface area contributed by atoms with E-state index in [0.717, 1.165) is 41.8 Å². The Balaban J connectivity index is 1.50. The van der Waals surface area contributed by atoms with Gasteiger partial charge in [-0.2, -0.15) is 0 Å². The maximum Gasteiger partial charge on any atom is 0.255 e. The lowest BCUT2D eigenvalue weighted by Crippen LogP contribution is -2.68. The molecule has 0 aliphatic carbocycles. The predicted molar refractivity (Wildman–Crippen MR) is 110 cm³/mol. The molecule has 2 heterocycles. The van der Waals surface area contributed by atoms with Crippen LogP contribution in [0.1, 0.15) is 41.3 Å². The fourth-order valence-electron chi connectivity index (χ4n) is 4.52. The Labute approximate surface area is 166 Å².